The molecule has 3 aromatic carbocycles. The quantitative estimate of drug-likeness (QED) is 0.451. The summed E-state index contributed by atoms with van der Waals surface area (Å²) in [5.41, 5.74) is 3.96. The van der Waals surface area contributed by atoms with Crippen LogP contribution in [0.3, 0.4) is 0 Å². The van der Waals surface area contributed by atoms with E-state index in [1.54, 1.807) is 0 Å². The molecule has 160 valence electrons. The molecule has 32 heavy (non-hydrogen) atoms. The van der Waals surface area contributed by atoms with E-state index in [4.69, 9.17) is 9.72 Å². The Balaban J connectivity index is 1.38. The van der Waals surface area contributed by atoms with Crippen LogP contribution in [0, 0.1) is 5.92 Å². The molecule has 1 atom stereocenters. The van der Waals surface area contributed by atoms with Gasteiger partial charge in [0.15, 0.2) is 6.61 Å². The van der Waals surface area contributed by atoms with Crippen LogP contribution in [0.15, 0.2) is 66.7 Å². The number of anilines is 1. The van der Waals surface area contributed by atoms with Gasteiger partial charge in [-0.05, 0) is 48.3 Å². The van der Waals surface area contributed by atoms with Gasteiger partial charge in [-0.25, -0.2) is 4.79 Å². The average Bonchev–Trinajstić information content (AvgIpc) is 2.81. The summed E-state index contributed by atoms with van der Waals surface area (Å²) in [5, 5.41) is 5.62. The number of carbonyl (C=O) groups is 2. The summed E-state index contributed by atoms with van der Waals surface area (Å²) in [7, 11) is 0. The van der Waals surface area contributed by atoms with E-state index in [-0.39, 0.29) is 12.5 Å². The maximum atomic E-state index is 13.2. The van der Waals surface area contributed by atoms with Gasteiger partial charge in [-0.15, -0.1) is 0 Å². The zero-order valence-electron chi connectivity index (χ0n) is 17.9. The summed E-state index contributed by atoms with van der Waals surface area (Å²) in [6, 6.07) is 21.2. The molecule has 0 saturated heterocycles. The molecule has 5 heteroatoms. The second-order valence-corrected chi connectivity index (χ2v) is 8.43. The molecular weight excluding hydrogens is 400 g/mol. The molecular formula is C27H24N2O3. The number of nitrogens with zero attached hydrogens (tertiary/aromatic N) is 1. The molecule has 5 rings (SSSR count). The van der Waals surface area contributed by atoms with E-state index in [9.17, 15) is 9.59 Å². The summed E-state index contributed by atoms with van der Waals surface area (Å²) < 4.78 is 5.50. The van der Waals surface area contributed by atoms with Crippen LogP contribution >= 0.6 is 0 Å². The lowest BCUT2D eigenvalue weighted by Gasteiger charge is -2.24. The van der Waals surface area contributed by atoms with E-state index in [2.05, 4.69) is 12.2 Å². The number of rotatable bonds is 4. The molecule has 5 nitrogen and oxygen atoms in total. The van der Waals surface area contributed by atoms with Gasteiger partial charge < -0.3 is 10.1 Å². The van der Waals surface area contributed by atoms with E-state index in [1.165, 1.54) is 0 Å². The highest BCUT2D eigenvalue weighted by Gasteiger charge is 2.26. The molecule has 0 spiro atoms. The van der Waals surface area contributed by atoms with Gasteiger partial charge in [-0.2, -0.15) is 0 Å². The van der Waals surface area contributed by atoms with Gasteiger partial charge in [-0.1, -0.05) is 61.5 Å². The monoisotopic (exact) mass is 424 g/mol. The Morgan fingerprint density at radius 3 is 2.62 bits per heavy atom. The molecule has 1 heterocycles. The Bertz CT molecular complexity index is 1340. The minimum absolute atomic E-state index is 0.344. The van der Waals surface area contributed by atoms with Gasteiger partial charge in [-0.3, -0.25) is 9.78 Å². The van der Waals surface area contributed by atoms with Gasteiger partial charge in [0.05, 0.1) is 11.1 Å². The van der Waals surface area contributed by atoms with Crippen molar-refractivity contribution < 1.29 is 14.3 Å². The molecule has 1 aliphatic carbocycles. The van der Waals surface area contributed by atoms with Crippen molar-refractivity contribution in [3.8, 4) is 0 Å². The summed E-state index contributed by atoms with van der Waals surface area (Å²) >= 11 is 0. The maximum Gasteiger partial charge on any atom is 0.339 e. The number of para-hydroxylation sites is 1. The number of aryl methyl sites for hydroxylation is 1. The highest BCUT2D eigenvalue weighted by atomic mass is 16.5. The number of nitrogens with one attached hydrogen (secondary N) is 1. The molecule has 0 aliphatic heterocycles. The molecule has 0 saturated carbocycles. The van der Waals surface area contributed by atoms with Crippen LogP contribution in [-0.2, 0) is 22.4 Å². The Hall–Kier alpha value is -3.73. The molecule has 1 aliphatic rings. The molecule has 0 radical (unpaired) electrons. The van der Waals surface area contributed by atoms with Crippen LogP contribution in [0.4, 0.5) is 5.69 Å². The fraction of sp³-hybridized carbons (Fsp3) is 0.222. The fourth-order valence-electron chi connectivity index (χ4n) is 4.52. The van der Waals surface area contributed by atoms with Crippen LogP contribution in [0.25, 0.3) is 21.7 Å². The third-order valence-electron chi connectivity index (χ3n) is 6.11. The minimum atomic E-state index is -0.470. The van der Waals surface area contributed by atoms with E-state index < -0.39 is 5.97 Å². The van der Waals surface area contributed by atoms with E-state index >= 15 is 0 Å². The third kappa shape index (κ3) is 3.82. The number of fused-ring (bicyclic) bond motifs is 3. The standard InChI is InChI=1S/C27H24N2O3/c1-17-13-14-24-21(15-17)26(20-10-4-5-11-23(20)28-24)27(31)32-16-25(30)29-22-12-6-8-18-7-2-3-9-19(18)22/h2-12,17H,13-16H2,1H3,(H,29,30)/t17-/m1/s1. The highest BCUT2D eigenvalue weighted by molar-refractivity contribution is 6.07. The van der Waals surface area contributed by atoms with Gasteiger partial charge >= 0.3 is 5.97 Å². The van der Waals surface area contributed by atoms with E-state index in [0.29, 0.717) is 17.2 Å². The van der Waals surface area contributed by atoms with Crippen molar-refractivity contribution in [1.29, 1.82) is 0 Å². The topological polar surface area (TPSA) is 68.3 Å². The van der Waals surface area contributed by atoms with Crippen molar-refractivity contribution in [2.45, 2.75) is 26.2 Å². The zero-order chi connectivity index (χ0) is 22.1. The molecule has 1 aromatic heterocycles. The van der Waals surface area contributed by atoms with Crippen LogP contribution in [0.5, 0.6) is 0 Å². The molecule has 0 bridgehead atoms. The van der Waals surface area contributed by atoms with E-state index in [0.717, 1.165) is 52.2 Å². The molecule has 0 unspecified atom stereocenters. The number of amides is 1. The first kappa shape index (κ1) is 20.2. The first-order valence-electron chi connectivity index (χ1n) is 11.0. The van der Waals surface area contributed by atoms with Gasteiger partial charge in [0.2, 0.25) is 0 Å². The van der Waals surface area contributed by atoms with Crippen molar-refractivity contribution in [2.24, 2.45) is 5.92 Å². The highest BCUT2D eigenvalue weighted by Crippen LogP contribution is 2.32. The zero-order valence-corrected chi connectivity index (χ0v) is 17.9. The number of hydrogen-bond acceptors (Lipinski definition) is 4. The lowest BCUT2D eigenvalue weighted by Crippen LogP contribution is -2.23. The molecule has 1 amide bonds. The lowest BCUT2D eigenvalue weighted by atomic mass is 9.84. The van der Waals surface area contributed by atoms with Crippen molar-refractivity contribution >= 4 is 39.2 Å². The fourth-order valence-corrected chi connectivity index (χ4v) is 4.52. The average molecular weight is 425 g/mol. The van der Waals surface area contributed by atoms with Crippen LogP contribution in [0.2, 0.25) is 0 Å². The Labute approximate surface area is 186 Å². The summed E-state index contributed by atoms with van der Waals surface area (Å²) in [6.07, 6.45) is 2.70. The first-order chi connectivity index (χ1) is 15.6. The largest absolute Gasteiger partial charge is 0.452 e. The number of benzene rings is 3. The number of aromatic nitrogens is 1. The Morgan fingerprint density at radius 1 is 1.00 bits per heavy atom. The molecule has 0 fully saturated rings. The maximum absolute atomic E-state index is 13.2. The summed E-state index contributed by atoms with van der Waals surface area (Å²) in [4.78, 5) is 30.6. The van der Waals surface area contributed by atoms with Crippen molar-refractivity contribution in [1.82, 2.24) is 4.98 Å². The number of carbonyl (C=O) groups excluding carboxylic acids is 2. The number of hydrogen-bond donors (Lipinski definition) is 1. The smallest absolute Gasteiger partial charge is 0.339 e. The van der Waals surface area contributed by atoms with Gasteiger partial charge in [0.1, 0.15) is 0 Å². The lowest BCUT2D eigenvalue weighted by molar-refractivity contribution is -0.119. The van der Waals surface area contributed by atoms with Crippen LogP contribution < -0.4 is 5.32 Å². The van der Waals surface area contributed by atoms with Crippen LogP contribution in [0.1, 0.15) is 35.0 Å². The first-order valence-corrected chi connectivity index (χ1v) is 11.0. The second-order valence-electron chi connectivity index (χ2n) is 8.43. The van der Waals surface area contributed by atoms with Crippen LogP contribution in [-0.4, -0.2) is 23.5 Å². The molecule has 4 aromatic rings. The SMILES string of the molecule is C[C@@H]1CCc2nc3ccccc3c(C(=O)OCC(=O)Nc3cccc4ccccc34)c2C1. The Morgan fingerprint density at radius 2 is 1.75 bits per heavy atom. The number of ether oxygens (including phenoxy) is 1. The predicted molar refractivity (Wildman–Crippen MR) is 126 cm³/mol. The normalized spacial score (nSPS) is 15.3. The third-order valence-corrected chi connectivity index (χ3v) is 6.11. The summed E-state index contributed by atoms with van der Waals surface area (Å²) in [6.45, 7) is 1.84. The minimum Gasteiger partial charge on any atom is -0.452 e. The van der Waals surface area contributed by atoms with Gasteiger partial charge in [0, 0.05) is 22.2 Å². The Kier molecular flexibility index (Phi) is 5.31. The molecule has 1 N–H and O–H groups in total. The van der Waals surface area contributed by atoms with Gasteiger partial charge in [0.25, 0.3) is 5.91 Å². The number of pyridine rings is 1. The van der Waals surface area contributed by atoms with Crippen molar-refractivity contribution in [3.63, 3.8) is 0 Å². The van der Waals surface area contributed by atoms with Crippen molar-refractivity contribution in [2.75, 3.05) is 11.9 Å². The van der Waals surface area contributed by atoms with Crippen molar-refractivity contribution in [3.05, 3.63) is 83.6 Å². The number of esters is 1. The predicted octanol–water partition coefficient (Wildman–Crippen LogP) is 5.31. The van der Waals surface area contributed by atoms with E-state index in [1.807, 2.05) is 66.7 Å². The summed E-state index contributed by atoms with van der Waals surface area (Å²) in [5.74, 6) is -0.357. The second kappa shape index (κ2) is 8.42.